The lowest BCUT2D eigenvalue weighted by Gasteiger charge is -2.21. The van der Waals surface area contributed by atoms with E-state index in [1.807, 2.05) is 7.05 Å². The van der Waals surface area contributed by atoms with Crippen molar-refractivity contribution in [3.63, 3.8) is 0 Å². The SMILES string of the molecule is CNCc1ccc(N(C)CC2CC2C)c(Br)c1. The van der Waals surface area contributed by atoms with Crippen LogP contribution in [0.2, 0.25) is 0 Å². The number of hydrogen-bond acceptors (Lipinski definition) is 2. The number of halogens is 1. The summed E-state index contributed by atoms with van der Waals surface area (Å²) in [4.78, 5) is 2.36. The molecule has 0 heterocycles. The average molecular weight is 297 g/mol. The van der Waals surface area contributed by atoms with Gasteiger partial charge in [0.25, 0.3) is 0 Å². The Morgan fingerprint density at radius 2 is 2.18 bits per heavy atom. The standard InChI is InChI=1S/C14H21BrN2/c1-10-6-12(10)9-17(3)14-5-4-11(8-16-2)7-13(14)15/h4-5,7,10,12,16H,6,8-9H2,1-3H3. The highest BCUT2D eigenvalue weighted by atomic mass is 79.9. The van der Waals surface area contributed by atoms with Crippen LogP contribution in [0.25, 0.3) is 0 Å². The van der Waals surface area contributed by atoms with Crippen molar-refractivity contribution in [3.05, 3.63) is 28.2 Å². The van der Waals surface area contributed by atoms with Crippen molar-refractivity contribution in [3.8, 4) is 0 Å². The zero-order valence-corrected chi connectivity index (χ0v) is 12.4. The van der Waals surface area contributed by atoms with Gasteiger partial charge in [-0.15, -0.1) is 0 Å². The van der Waals surface area contributed by atoms with Crippen LogP contribution in [0, 0.1) is 11.8 Å². The molecule has 17 heavy (non-hydrogen) atoms. The minimum Gasteiger partial charge on any atom is -0.373 e. The van der Waals surface area contributed by atoms with Crippen molar-refractivity contribution in [2.45, 2.75) is 19.9 Å². The van der Waals surface area contributed by atoms with Gasteiger partial charge in [-0.1, -0.05) is 13.0 Å². The predicted molar refractivity (Wildman–Crippen MR) is 77.4 cm³/mol. The van der Waals surface area contributed by atoms with Crippen molar-refractivity contribution >= 4 is 21.6 Å². The largest absolute Gasteiger partial charge is 0.373 e. The fraction of sp³-hybridized carbons (Fsp3) is 0.571. The molecule has 1 aliphatic rings. The molecular formula is C14H21BrN2. The summed E-state index contributed by atoms with van der Waals surface area (Å²) in [5.41, 5.74) is 2.61. The monoisotopic (exact) mass is 296 g/mol. The lowest BCUT2D eigenvalue weighted by molar-refractivity contribution is 0.724. The number of rotatable bonds is 5. The summed E-state index contributed by atoms with van der Waals surface area (Å²) in [7, 11) is 4.16. The summed E-state index contributed by atoms with van der Waals surface area (Å²) in [6.07, 6.45) is 1.39. The van der Waals surface area contributed by atoms with E-state index in [4.69, 9.17) is 0 Å². The minimum atomic E-state index is 0.892. The molecule has 0 bridgehead atoms. The zero-order chi connectivity index (χ0) is 12.4. The summed E-state index contributed by atoms with van der Waals surface area (Å²) in [5, 5.41) is 3.17. The van der Waals surface area contributed by atoms with E-state index in [1.165, 1.54) is 28.7 Å². The van der Waals surface area contributed by atoms with E-state index in [9.17, 15) is 0 Å². The fourth-order valence-electron chi connectivity index (χ4n) is 2.28. The van der Waals surface area contributed by atoms with Crippen LogP contribution >= 0.6 is 15.9 Å². The van der Waals surface area contributed by atoms with E-state index in [1.54, 1.807) is 0 Å². The smallest absolute Gasteiger partial charge is 0.0508 e. The second-order valence-electron chi connectivity index (χ2n) is 5.17. The van der Waals surface area contributed by atoms with Crippen LogP contribution in [0.1, 0.15) is 18.9 Å². The molecule has 3 heteroatoms. The van der Waals surface area contributed by atoms with Crippen molar-refractivity contribution in [2.24, 2.45) is 11.8 Å². The molecule has 2 rings (SSSR count). The van der Waals surface area contributed by atoms with Gasteiger partial charge in [0.05, 0.1) is 5.69 Å². The van der Waals surface area contributed by atoms with Crippen LogP contribution in [-0.4, -0.2) is 20.6 Å². The third kappa shape index (κ3) is 3.23. The summed E-state index contributed by atoms with van der Waals surface area (Å²) < 4.78 is 1.20. The van der Waals surface area contributed by atoms with Crippen LogP contribution in [0.5, 0.6) is 0 Å². The van der Waals surface area contributed by atoms with Gasteiger partial charge >= 0.3 is 0 Å². The van der Waals surface area contributed by atoms with Crippen LogP contribution in [-0.2, 0) is 6.54 Å². The minimum absolute atomic E-state index is 0.892. The van der Waals surface area contributed by atoms with E-state index in [0.29, 0.717) is 0 Å². The quantitative estimate of drug-likeness (QED) is 0.897. The lowest BCUT2D eigenvalue weighted by Crippen LogP contribution is -2.21. The first-order valence-corrected chi connectivity index (χ1v) is 7.05. The van der Waals surface area contributed by atoms with Gasteiger partial charge in [0, 0.05) is 24.6 Å². The number of nitrogens with one attached hydrogen (secondary N) is 1. The Hall–Kier alpha value is -0.540. The molecule has 1 saturated carbocycles. The molecule has 0 amide bonds. The Kier molecular flexibility index (Phi) is 4.10. The molecule has 0 saturated heterocycles. The predicted octanol–water partition coefficient (Wildman–Crippen LogP) is 3.26. The third-order valence-electron chi connectivity index (χ3n) is 3.59. The fourth-order valence-corrected chi connectivity index (χ4v) is 3.01. The normalized spacial score (nSPS) is 22.6. The Morgan fingerprint density at radius 3 is 2.71 bits per heavy atom. The first-order valence-electron chi connectivity index (χ1n) is 6.26. The van der Waals surface area contributed by atoms with E-state index in [2.05, 4.69) is 58.3 Å². The summed E-state index contributed by atoms with van der Waals surface area (Å²) >= 11 is 3.67. The third-order valence-corrected chi connectivity index (χ3v) is 4.22. The van der Waals surface area contributed by atoms with Crippen LogP contribution in [0.3, 0.4) is 0 Å². The first kappa shape index (κ1) is 12.9. The maximum atomic E-state index is 3.67. The van der Waals surface area contributed by atoms with Crippen LogP contribution in [0.15, 0.2) is 22.7 Å². The molecule has 2 unspecified atom stereocenters. The number of nitrogens with zero attached hydrogens (tertiary/aromatic N) is 1. The van der Waals surface area contributed by atoms with Crippen LogP contribution < -0.4 is 10.2 Å². The molecule has 0 aliphatic heterocycles. The highest BCUT2D eigenvalue weighted by molar-refractivity contribution is 9.10. The molecule has 0 radical (unpaired) electrons. The van der Waals surface area contributed by atoms with Gasteiger partial charge in [-0.3, -0.25) is 0 Å². The maximum absolute atomic E-state index is 3.67. The van der Waals surface area contributed by atoms with Crippen molar-refractivity contribution < 1.29 is 0 Å². The zero-order valence-electron chi connectivity index (χ0n) is 10.8. The Bertz CT molecular complexity index is 392. The molecule has 2 nitrogen and oxygen atoms in total. The second kappa shape index (κ2) is 5.40. The lowest BCUT2D eigenvalue weighted by atomic mass is 10.2. The number of anilines is 1. The Labute approximate surface area is 113 Å². The highest BCUT2D eigenvalue weighted by Gasteiger charge is 2.33. The number of hydrogen-bond donors (Lipinski definition) is 1. The van der Waals surface area contributed by atoms with Gasteiger partial charge in [-0.2, -0.15) is 0 Å². The van der Waals surface area contributed by atoms with Gasteiger partial charge in [0.15, 0.2) is 0 Å². The topological polar surface area (TPSA) is 15.3 Å². The molecule has 1 N–H and O–H groups in total. The first-order chi connectivity index (χ1) is 8.11. The average Bonchev–Trinajstić information content (AvgIpc) is 2.94. The van der Waals surface area contributed by atoms with E-state index in [0.717, 1.165) is 18.4 Å². The molecule has 1 aromatic carbocycles. The van der Waals surface area contributed by atoms with Gasteiger partial charge in [-0.05, 0) is 58.9 Å². The summed E-state index contributed by atoms with van der Waals surface area (Å²) in [5.74, 6) is 1.81. The van der Waals surface area contributed by atoms with Crippen molar-refractivity contribution in [1.82, 2.24) is 5.32 Å². The second-order valence-corrected chi connectivity index (χ2v) is 6.02. The summed E-state index contributed by atoms with van der Waals surface area (Å²) in [6, 6.07) is 6.62. The van der Waals surface area contributed by atoms with E-state index >= 15 is 0 Å². The number of benzene rings is 1. The van der Waals surface area contributed by atoms with Gasteiger partial charge in [0.1, 0.15) is 0 Å². The van der Waals surface area contributed by atoms with E-state index in [-0.39, 0.29) is 0 Å². The highest BCUT2D eigenvalue weighted by Crippen LogP contribution is 2.39. The van der Waals surface area contributed by atoms with Crippen molar-refractivity contribution in [1.29, 1.82) is 0 Å². The Balaban J connectivity index is 2.04. The molecular weight excluding hydrogens is 276 g/mol. The summed E-state index contributed by atoms with van der Waals surface area (Å²) in [6.45, 7) is 4.43. The molecule has 0 aromatic heterocycles. The van der Waals surface area contributed by atoms with E-state index < -0.39 is 0 Å². The molecule has 0 spiro atoms. The Morgan fingerprint density at radius 1 is 1.47 bits per heavy atom. The van der Waals surface area contributed by atoms with Gasteiger partial charge < -0.3 is 10.2 Å². The molecule has 1 fully saturated rings. The maximum Gasteiger partial charge on any atom is 0.0508 e. The van der Waals surface area contributed by atoms with Gasteiger partial charge in [-0.25, -0.2) is 0 Å². The van der Waals surface area contributed by atoms with Crippen LogP contribution in [0.4, 0.5) is 5.69 Å². The van der Waals surface area contributed by atoms with Crippen molar-refractivity contribution in [2.75, 3.05) is 25.5 Å². The molecule has 94 valence electrons. The van der Waals surface area contributed by atoms with Gasteiger partial charge in [0.2, 0.25) is 0 Å². The molecule has 2 atom stereocenters. The molecule has 1 aromatic rings. The molecule has 1 aliphatic carbocycles.